The van der Waals surface area contributed by atoms with Gasteiger partial charge in [0.05, 0.1) is 20.3 Å². The summed E-state index contributed by atoms with van der Waals surface area (Å²) in [4.78, 5) is 4.33. The SMILES string of the molecule is CC/C(CC=C(CSCCO)c1c(CNCCCSC)cc(OCCCC2CCCC2)c(Br)c1OC)=N\NSc1ccc(C)cc1. The van der Waals surface area contributed by atoms with Gasteiger partial charge in [0.2, 0.25) is 0 Å². The topological polar surface area (TPSA) is 75.1 Å². The van der Waals surface area contributed by atoms with E-state index in [0.29, 0.717) is 18.8 Å². The number of methoxy groups -OCH3 is 1. The van der Waals surface area contributed by atoms with Gasteiger partial charge in [-0.1, -0.05) is 56.4 Å². The summed E-state index contributed by atoms with van der Waals surface area (Å²) in [7, 11) is 1.74. The van der Waals surface area contributed by atoms with Crippen molar-refractivity contribution in [2.24, 2.45) is 11.0 Å². The van der Waals surface area contributed by atoms with Gasteiger partial charge < -0.3 is 19.9 Å². The van der Waals surface area contributed by atoms with Crippen LogP contribution in [0.25, 0.3) is 5.57 Å². The van der Waals surface area contributed by atoms with Gasteiger partial charge in [0.1, 0.15) is 16.0 Å². The highest BCUT2D eigenvalue weighted by atomic mass is 79.9. The van der Waals surface area contributed by atoms with Crippen LogP contribution in [-0.2, 0) is 6.54 Å². The standard InChI is InChI=1S/C36H54BrN3O3S3/c1-5-31(39-40-46-32-17-13-27(2)14-18-32)16-15-29(26-45-23-20-41)34-30(25-38-19-9-22-44-4)24-33(35(37)36(34)42-3)43-21-8-12-28-10-6-7-11-28/h13-15,17-18,24,28,38,40-41H,5-12,16,19-23,25-26H2,1-4H3/b29-15?,39-31+. The third-order valence-electron chi connectivity index (χ3n) is 8.17. The van der Waals surface area contributed by atoms with Gasteiger partial charge in [-0.3, -0.25) is 0 Å². The molecule has 3 rings (SSSR count). The molecule has 0 aliphatic heterocycles. The van der Waals surface area contributed by atoms with E-state index in [1.165, 1.54) is 55.2 Å². The molecule has 0 atom stereocenters. The Morgan fingerprint density at radius 2 is 1.93 bits per heavy atom. The second-order valence-corrected chi connectivity index (χ2v) is 15.4. The quantitative estimate of drug-likeness (QED) is 0.0449. The van der Waals surface area contributed by atoms with Crippen molar-refractivity contribution in [3.63, 3.8) is 0 Å². The number of allylic oxidation sites excluding steroid dienone is 1. The van der Waals surface area contributed by atoms with E-state index in [4.69, 9.17) is 14.6 Å². The molecule has 0 saturated heterocycles. The number of aryl methyl sites for hydroxylation is 1. The van der Waals surface area contributed by atoms with E-state index in [9.17, 15) is 5.11 Å². The molecular weight excluding hydrogens is 699 g/mol. The molecule has 3 N–H and O–H groups in total. The molecule has 6 nitrogen and oxygen atoms in total. The van der Waals surface area contributed by atoms with E-state index in [0.717, 1.165) is 87.5 Å². The Labute approximate surface area is 299 Å². The Morgan fingerprint density at radius 1 is 1.15 bits per heavy atom. The van der Waals surface area contributed by atoms with E-state index >= 15 is 0 Å². The lowest BCUT2D eigenvalue weighted by Crippen LogP contribution is -2.17. The number of rotatable bonds is 23. The Kier molecular flexibility index (Phi) is 19.7. The predicted molar refractivity (Wildman–Crippen MR) is 207 cm³/mol. The third-order valence-corrected chi connectivity index (χ3v) is 11.3. The third kappa shape index (κ3) is 13.7. The molecule has 2 aromatic rings. The molecule has 46 heavy (non-hydrogen) atoms. The number of nitrogens with zero attached hydrogens (tertiary/aromatic N) is 1. The highest BCUT2D eigenvalue weighted by Gasteiger charge is 2.22. The zero-order valence-corrected chi connectivity index (χ0v) is 32.2. The fraction of sp³-hybridized carbons (Fsp3) is 0.583. The van der Waals surface area contributed by atoms with Crippen molar-refractivity contribution < 1.29 is 14.6 Å². The van der Waals surface area contributed by atoms with Crippen molar-refractivity contribution in [2.45, 2.75) is 83.1 Å². The Balaban J connectivity index is 1.87. The van der Waals surface area contributed by atoms with Gasteiger partial charge in [-0.15, -0.1) is 0 Å². The summed E-state index contributed by atoms with van der Waals surface area (Å²) in [5, 5.41) is 18.0. The first kappa shape index (κ1) is 39.1. The molecule has 1 saturated carbocycles. The van der Waals surface area contributed by atoms with Crippen molar-refractivity contribution in [1.29, 1.82) is 0 Å². The molecule has 1 aliphatic carbocycles. The van der Waals surface area contributed by atoms with E-state index in [1.54, 1.807) is 18.9 Å². The molecule has 1 aliphatic rings. The highest BCUT2D eigenvalue weighted by molar-refractivity contribution is 9.10. The summed E-state index contributed by atoms with van der Waals surface area (Å²) >= 11 is 9.00. The van der Waals surface area contributed by atoms with Gasteiger partial charge >= 0.3 is 0 Å². The van der Waals surface area contributed by atoms with Crippen LogP contribution in [0.1, 0.15) is 81.4 Å². The second-order valence-electron chi connectivity index (χ2n) is 11.7. The summed E-state index contributed by atoms with van der Waals surface area (Å²) in [5.41, 5.74) is 5.74. The van der Waals surface area contributed by atoms with Crippen LogP contribution < -0.4 is 19.6 Å². The van der Waals surface area contributed by atoms with Crippen molar-refractivity contribution in [1.82, 2.24) is 10.1 Å². The number of aliphatic hydroxyl groups excluding tert-OH is 1. The predicted octanol–water partition coefficient (Wildman–Crippen LogP) is 9.52. The first-order valence-corrected chi connectivity index (χ1v) is 20.8. The van der Waals surface area contributed by atoms with Crippen LogP contribution >= 0.6 is 51.4 Å². The van der Waals surface area contributed by atoms with Crippen LogP contribution in [0.5, 0.6) is 11.5 Å². The minimum Gasteiger partial charge on any atom is -0.495 e. The van der Waals surface area contributed by atoms with Crippen molar-refractivity contribution in [3.8, 4) is 11.5 Å². The van der Waals surface area contributed by atoms with Crippen molar-refractivity contribution in [2.75, 3.05) is 50.4 Å². The maximum Gasteiger partial charge on any atom is 0.144 e. The van der Waals surface area contributed by atoms with Crippen LogP contribution in [0.15, 0.2) is 50.9 Å². The molecular formula is C36H54BrN3O3S3. The average Bonchev–Trinajstić information content (AvgIpc) is 3.59. The van der Waals surface area contributed by atoms with Gasteiger partial charge in [-0.2, -0.15) is 28.6 Å². The van der Waals surface area contributed by atoms with E-state index in [1.807, 2.05) is 11.8 Å². The minimum atomic E-state index is 0.151. The fourth-order valence-electron chi connectivity index (χ4n) is 5.60. The first-order chi connectivity index (χ1) is 22.5. The fourth-order valence-corrected chi connectivity index (χ4v) is 7.93. The molecule has 0 radical (unpaired) electrons. The number of nitrogens with one attached hydrogen (secondary N) is 2. The molecule has 2 aromatic carbocycles. The zero-order valence-electron chi connectivity index (χ0n) is 28.2. The number of thioether (sulfide) groups is 2. The molecule has 0 unspecified atom stereocenters. The summed E-state index contributed by atoms with van der Waals surface area (Å²) in [6.45, 7) is 6.76. The average molecular weight is 753 g/mol. The lowest BCUT2D eigenvalue weighted by Gasteiger charge is -2.22. The maximum atomic E-state index is 9.58. The minimum absolute atomic E-state index is 0.151. The number of hydrogen-bond acceptors (Lipinski definition) is 9. The Bertz CT molecular complexity index is 1220. The molecule has 256 valence electrons. The molecule has 0 bridgehead atoms. The molecule has 0 aromatic heterocycles. The zero-order chi connectivity index (χ0) is 33.0. The molecule has 1 fully saturated rings. The largest absolute Gasteiger partial charge is 0.495 e. The summed E-state index contributed by atoms with van der Waals surface area (Å²) in [6, 6.07) is 10.6. The number of hydrazone groups is 1. The number of benzene rings is 2. The van der Waals surface area contributed by atoms with Crippen LogP contribution in [0.3, 0.4) is 0 Å². The number of halogens is 1. The second kappa shape index (κ2) is 23.1. The van der Waals surface area contributed by atoms with Crippen LogP contribution in [-0.4, -0.2) is 61.2 Å². The number of aliphatic hydroxyl groups is 1. The van der Waals surface area contributed by atoms with E-state index in [2.05, 4.69) is 82.6 Å². The van der Waals surface area contributed by atoms with Gasteiger partial charge in [-0.05, 0) is 102 Å². The summed E-state index contributed by atoms with van der Waals surface area (Å²) in [6.07, 6.45) is 14.9. The van der Waals surface area contributed by atoms with Gasteiger partial charge in [0.25, 0.3) is 0 Å². The summed E-state index contributed by atoms with van der Waals surface area (Å²) in [5.74, 6) is 5.07. The van der Waals surface area contributed by atoms with Gasteiger partial charge in [0.15, 0.2) is 0 Å². The van der Waals surface area contributed by atoms with Crippen LogP contribution in [0.2, 0.25) is 0 Å². The van der Waals surface area contributed by atoms with Crippen molar-refractivity contribution in [3.05, 3.63) is 57.6 Å². The Hall–Kier alpha value is -1.30. The van der Waals surface area contributed by atoms with Crippen LogP contribution in [0.4, 0.5) is 0 Å². The van der Waals surface area contributed by atoms with Crippen LogP contribution in [0, 0.1) is 12.8 Å². The molecule has 0 heterocycles. The van der Waals surface area contributed by atoms with E-state index in [-0.39, 0.29) is 6.61 Å². The van der Waals surface area contributed by atoms with Crippen molar-refractivity contribution >= 4 is 62.7 Å². The van der Waals surface area contributed by atoms with E-state index < -0.39 is 0 Å². The highest BCUT2D eigenvalue weighted by Crippen LogP contribution is 2.44. The first-order valence-electron chi connectivity index (χ1n) is 16.6. The molecule has 10 heteroatoms. The molecule has 0 spiro atoms. The maximum absolute atomic E-state index is 9.58. The lowest BCUT2D eigenvalue weighted by atomic mass is 9.97. The monoisotopic (exact) mass is 751 g/mol. The number of ether oxygens (including phenoxy) is 2. The Morgan fingerprint density at radius 3 is 2.63 bits per heavy atom. The smallest absolute Gasteiger partial charge is 0.144 e. The normalized spacial score (nSPS) is 14.2. The summed E-state index contributed by atoms with van der Waals surface area (Å²) < 4.78 is 13.4. The van der Waals surface area contributed by atoms with Gasteiger partial charge in [-0.25, -0.2) is 4.83 Å². The van der Waals surface area contributed by atoms with Gasteiger partial charge in [0, 0.05) is 52.6 Å². The lowest BCUT2D eigenvalue weighted by molar-refractivity contribution is 0.288. The molecule has 0 amide bonds. The number of hydrogen-bond donors (Lipinski definition) is 3.